The molecule has 0 fully saturated rings. The molecule has 0 amide bonds. The summed E-state index contributed by atoms with van der Waals surface area (Å²) in [5, 5.41) is 18.5. The van der Waals surface area contributed by atoms with Crippen LogP contribution in [-0.4, -0.2) is 16.2 Å². The van der Waals surface area contributed by atoms with Crippen molar-refractivity contribution in [3.63, 3.8) is 0 Å². The van der Waals surface area contributed by atoms with Gasteiger partial charge in [0, 0.05) is 10.0 Å². The third kappa shape index (κ3) is 1.90. The van der Waals surface area contributed by atoms with Crippen molar-refractivity contribution in [2.24, 2.45) is 0 Å². The van der Waals surface area contributed by atoms with E-state index in [4.69, 9.17) is 5.11 Å². The van der Waals surface area contributed by atoms with Gasteiger partial charge in [0.15, 0.2) is 0 Å². The highest BCUT2D eigenvalue weighted by atomic mass is 79.9. The monoisotopic (exact) mass is 258 g/mol. The van der Waals surface area contributed by atoms with Gasteiger partial charge in [0.25, 0.3) is 0 Å². The van der Waals surface area contributed by atoms with E-state index in [0.29, 0.717) is 5.56 Å². The van der Waals surface area contributed by atoms with Gasteiger partial charge in [-0.3, -0.25) is 4.79 Å². The van der Waals surface area contributed by atoms with Gasteiger partial charge in [-0.1, -0.05) is 22.0 Å². The normalized spacial score (nSPS) is 11.4. The Bertz CT molecular complexity index is 372. The summed E-state index contributed by atoms with van der Waals surface area (Å²) >= 11 is 3.19. The molecular formula is C10H11BrO3. The minimum absolute atomic E-state index is 0.00762. The van der Waals surface area contributed by atoms with E-state index in [1.807, 2.05) is 0 Å². The van der Waals surface area contributed by atoms with Crippen LogP contribution in [0.15, 0.2) is 22.7 Å². The fraction of sp³-hybridized carbons (Fsp3) is 0.300. The van der Waals surface area contributed by atoms with E-state index in [0.717, 1.165) is 4.47 Å². The van der Waals surface area contributed by atoms with Crippen molar-refractivity contribution in [2.45, 2.75) is 19.3 Å². The summed E-state index contributed by atoms with van der Waals surface area (Å²) in [5.41, 5.74) is -0.668. The minimum atomic E-state index is -1.08. The van der Waals surface area contributed by atoms with Crippen LogP contribution in [0.25, 0.3) is 0 Å². The SMILES string of the molecule is CC(C)(C(=O)O)c1ccc(Br)cc1O. The molecule has 1 aromatic rings. The quantitative estimate of drug-likeness (QED) is 0.857. The molecule has 0 bridgehead atoms. The first-order chi connectivity index (χ1) is 6.35. The molecule has 0 atom stereocenters. The first-order valence-corrected chi connectivity index (χ1v) is 4.87. The van der Waals surface area contributed by atoms with E-state index in [-0.39, 0.29) is 5.75 Å². The van der Waals surface area contributed by atoms with E-state index in [1.165, 1.54) is 6.07 Å². The van der Waals surface area contributed by atoms with Gasteiger partial charge < -0.3 is 10.2 Å². The second kappa shape index (κ2) is 3.61. The van der Waals surface area contributed by atoms with Crippen LogP contribution in [0.4, 0.5) is 0 Å². The molecular weight excluding hydrogens is 248 g/mol. The summed E-state index contributed by atoms with van der Waals surface area (Å²) in [4.78, 5) is 10.9. The number of carbonyl (C=O) groups is 1. The Morgan fingerprint density at radius 3 is 2.43 bits per heavy atom. The lowest BCUT2D eigenvalue weighted by Crippen LogP contribution is -2.28. The zero-order valence-corrected chi connectivity index (χ0v) is 9.50. The van der Waals surface area contributed by atoms with E-state index in [2.05, 4.69) is 15.9 Å². The molecule has 0 spiro atoms. The van der Waals surface area contributed by atoms with Crippen LogP contribution in [0.3, 0.4) is 0 Å². The van der Waals surface area contributed by atoms with Crippen molar-refractivity contribution in [1.29, 1.82) is 0 Å². The van der Waals surface area contributed by atoms with Crippen molar-refractivity contribution in [3.8, 4) is 5.75 Å². The van der Waals surface area contributed by atoms with Gasteiger partial charge >= 0.3 is 5.97 Å². The highest BCUT2D eigenvalue weighted by molar-refractivity contribution is 9.10. The average molecular weight is 259 g/mol. The van der Waals surface area contributed by atoms with E-state index in [9.17, 15) is 9.90 Å². The highest BCUT2D eigenvalue weighted by Gasteiger charge is 2.31. The smallest absolute Gasteiger partial charge is 0.313 e. The first-order valence-electron chi connectivity index (χ1n) is 4.08. The van der Waals surface area contributed by atoms with Crippen molar-refractivity contribution < 1.29 is 15.0 Å². The molecule has 0 aliphatic carbocycles. The number of phenols is 1. The molecule has 1 rings (SSSR count). The number of aliphatic carboxylic acids is 1. The molecule has 0 unspecified atom stereocenters. The molecule has 1 aromatic carbocycles. The molecule has 3 nitrogen and oxygen atoms in total. The molecule has 0 aromatic heterocycles. The Balaban J connectivity index is 3.26. The largest absolute Gasteiger partial charge is 0.508 e. The maximum absolute atomic E-state index is 10.9. The molecule has 4 heteroatoms. The van der Waals surface area contributed by atoms with E-state index in [1.54, 1.807) is 26.0 Å². The van der Waals surface area contributed by atoms with Gasteiger partial charge in [0.1, 0.15) is 5.75 Å². The molecule has 0 radical (unpaired) electrons. The van der Waals surface area contributed by atoms with Gasteiger partial charge in [-0.25, -0.2) is 0 Å². The number of carboxylic acid groups (broad SMARTS) is 1. The summed E-state index contributed by atoms with van der Waals surface area (Å²) in [6, 6.07) is 4.80. The zero-order chi connectivity index (χ0) is 10.9. The highest BCUT2D eigenvalue weighted by Crippen LogP contribution is 2.33. The van der Waals surface area contributed by atoms with Crippen molar-refractivity contribution >= 4 is 21.9 Å². The van der Waals surface area contributed by atoms with Gasteiger partial charge in [-0.05, 0) is 26.0 Å². The van der Waals surface area contributed by atoms with Gasteiger partial charge in [-0.2, -0.15) is 0 Å². The Hall–Kier alpha value is -1.03. The summed E-state index contributed by atoms with van der Waals surface area (Å²) in [6.07, 6.45) is 0. The Labute approximate surface area is 90.5 Å². The molecule has 0 saturated carbocycles. The Morgan fingerprint density at radius 2 is 2.00 bits per heavy atom. The molecule has 0 heterocycles. The number of hydrogen-bond acceptors (Lipinski definition) is 2. The van der Waals surface area contributed by atoms with Crippen LogP contribution in [0.1, 0.15) is 19.4 Å². The standard InChI is InChI=1S/C10H11BrO3/c1-10(2,9(13)14)7-4-3-6(11)5-8(7)12/h3-5,12H,1-2H3,(H,13,14). The number of benzene rings is 1. The lowest BCUT2D eigenvalue weighted by Gasteiger charge is -2.20. The van der Waals surface area contributed by atoms with Crippen molar-refractivity contribution in [3.05, 3.63) is 28.2 Å². The lowest BCUT2D eigenvalue weighted by molar-refractivity contribution is -0.142. The predicted molar refractivity (Wildman–Crippen MR) is 56.5 cm³/mol. The van der Waals surface area contributed by atoms with Crippen LogP contribution in [0, 0.1) is 0 Å². The molecule has 76 valence electrons. The van der Waals surface area contributed by atoms with Crippen LogP contribution >= 0.6 is 15.9 Å². The second-order valence-corrected chi connectivity index (χ2v) is 4.51. The van der Waals surface area contributed by atoms with Gasteiger partial charge in [0.2, 0.25) is 0 Å². The fourth-order valence-corrected chi connectivity index (χ4v) is 1.50. The van der Waals surface area contributed by atoms with E-state index < -0.39 is 11.4 Å². The van der Waals surface area contributed by atoms with Crippen LogP contribution < -0.4 is 0 Å². The predicted octanol–water partition coefficient (Wildman–Crippen LogP) is 2.52. The number of halogens is 1. The third-order valence-electron chi connectivity index (χ3n) is 2.17. The number of carboxylic acids is 1. The van der Waals surface area contributed by atoms with Crippen LogP contribution in [0.5, 0.6) is 5.75 Å². The number of phenolic OH excluding ortho intramolecular Hbond substituents is 1. The van der Waals surface area contributed by atoms with Gasteiger partial charge in [0.05, 0.1) is 5.41 Å². The fourth-order valence-electron chi connectivity index (χ4n) is 1.15. The minimum Gasteiger partial charge on any atom is -0.508 e. The van der Waals surface area contributed by atoms with Crippen molar-refractivity contribution in [1.82, 2.24) is 0 Å². The maximum Gasteiger partial charge on any atom is 0.313 e. The molecule has 14 heavy (non-hydrogen) atoms. The van der Waals surface area contributed by atoms with E-state index >= 15 is 0 Å². The number of rotatable bonds is 2. The Morgan fingerprint density at radius 1 is 1.43 bits per heavy atom. The summed E-state index contributed by atoms with van der Waals surface area (Å²) < 4.78 is 0.722. The summed E-state index contributed by atoms with van der Waals surface area (Å²) in [7, 11) is 0. The topological polar surface area (TPSA) is 57.5 Å². The number of aromatic hydroxyl groups is 1. The first kappa shape index (κ1) is 11.0. The number of hydrogen-bond donors (Lipinski definition) is 2. The maximum atomic E-state index is 10.9. The zero-order valence-electron chi connectivity index (χ0n) is 7.91. The van der Waals surface area contributed by atoms with Crippen LogP contribution in [-0.2, 0) is 10.2 Å². The summed E-state index contributed by atoms with van der Waals surface area (Å²) in [5.74, 6) is -0.970. The third-order valence-corrected chi connectivity index (χ3v) is 2.66. The summed E-state index contributed by atoms with van der Waals surface area (Å²) in [6.45, 7) is 3.11. The molecule has 0 aliphatic heterocycles. The van der Waals surface area contributed by atoms with Crippen molar-refractivity contribution in [2.75, 3.05) is 0 Å². The molecule has 0 aliphatic rings. The van der Waals surface area contributed by atoms with Gasteiger partial charge in [-0.15, -0.1) is 0 Å². The average Bonchev–Trinajstić information content (AvgIpc) is 2.02. The molecule has 2 N–H and O–H groups in total. The Kier molecular flexibility index (Phi) is 2.85. The lowest BCUT2D eigenvalue weighted by atomic mass is 9.84. The molecule has 0 saturated heterocycles. The second-order valence-electron chi connectivity index (χ2n) is 3.59. The van der Waals surface area contributed by atoms with Crippen LogP contribution in [0.2, 0.25) is 0 Å².